The van der Waals surface area contributed by atoms with Crippen molar-refractivity contribution in [1.29, 1.82) is 0 Å². The summed E-state index contributed by atoms with van der Waals surface area (Å²) in [6, 6.07) is 5.38. The van der Waals surface area contributed by atoms with E-state index in [9.17, 15) is 9.59 Å². The number of amides is 2. The third-order valence-corrected chi connectivity index (χ3v) is 7.15. The van der Waals surface area contributed by atoms with Gasteiger partial charge in [-0.2, -0.15) is 0 Å². The van der Waals surface area contributed by atoms with Gasteiger partial charge >= 0.3 is 0 Å². The van der Waals surface area contributed by atoms with Crippen LogP contribution in [0.4, 0.5) is 0 Å². The second-order valence-electron chi connectivity index (χ2n) is 8.90. The van der Waals surface area contributed by atoms with Crippen LogP contribution >= 0.6 is 0 Å². The molecule has 2 atom stereocenters. The van der Waals surface area contributed by atoms with Gasteiger partial charge in [-0.3, -0.25) is 14.0 Å². The molecule has 4 aliphatic carbocycles. The molecule has 7 heteroatoms. The van der Waals surface area contributed by atoms with Gasteiger partial charge in [0.05, 0.1) is 0 Å². The van der Waals surface area contributed by atoms with E-state index in [0.717, 1.165) is 24.3 Å². The Morgan fingerprint density at radius 3 is 2.68 bits per heavy atom. The van der Waals surface area contributed by atoms with E-state index in [1.165, 1.54) is 32.1 Å². The van der Waals surface area contributed by atoms with Crippen LogP contribution in [0, 0.1) is 23.2 Å². The summed E-state index contributed by atoms with van der Waals surface area (Å²) in [5, 5.41) is 5.92. The van der Waals surface area contributed by atoms with Gasteiger partial charge in [0.15, 0.2) is 0 Å². The Balaban J connectivity index is 1.33. The Morgan fingerprint density at radius 1 is 1.14 bits per heavy atom. The van der Waals surface area contributed by atoms with Gasteiger partial charge in [-0.1, -0.05) is 6.07 Å². The zero-order valence-electron chi connectivity index (χ0n) is 16.0. The lowest BCUT2D eigenvalue weighted by atomic mass is 9.75. The summed E-state index contributed by atoms with van der Waals surface area (Å²) >= 11 is 0. The second kappa shape index (κ2) is 6.58. The second-order valence-corrected chi connectivity index (χ2v) is 8.90. The van der Waals surface area contributed by atoms with Crippen LogP contribution in [0.2, 0.25) is 0 Å². The standard InChI is InChI=1S/C21H27N5O2/c22-4-5-23-19(27)16-11-26-17(2-1-3-18(26)25-16)20(28)24-12-21-9-13-6-14(10-21)8-15(21)7-13/h1-3,11,13-15H,4-10,12,22H2,(H,23,27)(H,24,28). The summed E-state index contributed by atoms with van der Waals surface area (Å²) in [6.07, 6.45) is 8.27. The van der Waals surface area contributed by atoms with Crippen molar-refractivity contribution in [2.45, 2.75) is 32.1 Å². The maximum Gasteiger partial charge on any atom is 0.271 e. The molecule has 6 rings (SSSR count). The minimum Gasteiger partial charge on any atom is -0.350 e. The number of hydrogen-bond acceptors (Lipinski definition) is 4. The highest BCUT2D eigenvalue weighted by molar-refractivity contribution is 5.95. The van der Waals surface area contributed by atoms with Crippen molar-refractivity contribution in [1.82, 2.24) is 20.0 Å². The van der Waals surface area contributed by atoms with Gasteiger partial charge in [-0.25, -0.2) is 4.98 Å². The largest absolute Gasteiger partial charge is 0.350 e. The maximum absolute atomic E-state index is 13.0. The summed E-state index contributed by atoms with van der Waals surface area (Å²) in [4.78, 5) is 29.5. The van der Waals surface area contributed by atoms with Crippen molar-refractivity contribution in [2.24, 2.45) is 28.9 Å². The summed E-state index contributed by atoms with van der Waals surface area (Å²) in [5.74, 6) is 2.16. The molecular weight excluding hydrogens is 354 g/mol. The van der Waals surface area contributed by atoms with Crippen molar-refractivity contribution in [3.05, 3.63) is 35.8 Å². The molecule has 0 radical (unpaired) electrons. The summed E-state index contributed by atoms with van der Waals surface area (Å²) in [5.41, 5.74) is 7.14. The number of carbonyl (C=O) groups excluding carboxylic acids is 2. The van der Waals surface area contributed by atoms with Crippen LogP contribution < -0.4 is 16.4 Å². The molecule has 2 aromatic heterocycles. The number of nitrogens with two attached hydrogens (primary N) is 1. The highest BCUT2D eigenvalue weighted by Crippen LogP contribution is 2.65. The van der Waals surface area contributed by atoms with Crippen LogP contribution in [0.3, 0.4) is 0 Å². The smallest absolute Gasteiger partial charge is 0.271 e. The lowest BCUT2D eigenvalue weighted by Crippen LogP contribution is -2.39. The lowest BCUT2D eigenvalue weighted by molar-refractivity contribution is 0.0905. The molecule has 4 aliphatic rings. The molecule has 4 fully saturated rings. The number of aromatic nitrogens is 2. The first-order chi connectivity index (χ1) is 13.6. The fourth-order valence-corrected chi connectivity index (χ4v) is 6.18. The average molecular weight is 381 g/mol. The molecular formula is C21H27N5O2. The van der Waals surface area contributed by atoms with Crippen LogP contribution in [-0.2, 0) is 0 Å². The number of nitrogens with one attached hydrogen (secondary N) is 2. The fraction of sp³-hybridized carbons (Fsp3) is 0.571. The maximum atomic E-state index is 13.0. The van der Waals surface area contributed by atoms with Crippen LogP contribution in [0.15, 0.2) is 24.4 Å². The first-order valence-corrected chi connectivity index (χ1v) is 10.3. The zero-order chi connectivity index (χ0) is 19.3. The Hall–Kier alpha value is -2.41. The predicted molar refractivity (Wildman–Crippen MR) is 105 cm³/mol. The first kappa shape index (κ1) is 17.7. The molecule has 2 heterocycles. The molecule has 2 unspecified atom stereocenters. The molecule has 2 aromatic rings. The third-order valence-electron chi connectivity index (χ3n) is 7.15. The Kier molecular flexibility index (Phi) is 4.16. The summed E-state index contributed by atoms with van der Waals surface area (Å²) < 4.78 is 1.70. The Labute approximate surface area is 164 Å². The van der Waals surface area contributed by atoms with Crippen LogP contribution in [0.25, 0.3) is 5.65 Å². The van der Waals surface area contributed by atoms with Crippen molar-refractivity contribution in [2.75, 3.05) is 19.6 Å². The Bertz CT molecular complexity index is 922. The zero-order valence-corrected chi connectivity index (χ0v) is 16.0. The third kappa shape index (κ3) is 2.80. The van der Waals surface area contributed by atoms with E-state index >= 15 is 0 Å². The summed E-state index contributed by atoms with van der Waals surface area (Å²) in [6.45, 7) is 1.53. The van der Waals surface area contributed by atoms with Gasteiger partial charge in [-0.05, 0) is 67.4 Å². The monoisotopic (exact) mass is 381 g/mol. The highest BCUT2D eigenvalue weighted by atomic mass is 16.2. The van der Waals surface area contributed by atoms with Crippen molar-refractivity contribution in [3.8, 4) is 0 Å². The molecule has 2 amide bonds. The van der Waals surface area contributed by atoms with Gasteiger partial charge in [0, 0.05) is 25.8 Å². The lowest BCUT2D eigenvalue weighted by Gasteiger charge is -2.33. The van der Waals surface area contributed by atoms with Gasteiger partial charge in [0.1, 0.15) is 17.0 Å². The number of pyridine rings is 1. The minimum absolute atomic E-state index is 0.0995. The average Bonchev–Trinajstić information content (AvgIpc) is 3.30. The number of imidazole rings is 1. The first-order valence-electron chi connectivity index (χ1n) is 10.3. The van der Waals surface area contributed by atoms with E-state index in [1.807, 2.05) is 0 Å². The highest BCUT2D eigenvalue weighted by Gasteiger charge is 2.57. The molecule has 7 nitrogen and oxygen atoms in total. The number of nitrogens with zero attached hydrogens (tertiary/aromatic N) is 2. The summed E-state index contributed by atoms with van der Waals surface area (Å²) in [7, 11) is 0. The van der Waals surface area contributed by atoms with E-state index in [0.29, 0.717) is 35.5 Å². The molecule has 28 heavy (non-hydrogen) atoms. The SMILES string of the molecule is NCCNC(=O)c1cn2c(C(=O)NCC34CC5CC(CC3C5)C4)cccc2n1. The quantitative estimate of drug-likeness (QED) is 0.707. The van der Waals surface area contributed by atoms with E-state index in [4.69, 9.17) is 5.73 Å². The number of carbonyl (C=O) groups is 2. The van der Waals surface area contributed by atoms with Crippen LogP contribution in [0.5, 0.6) is 0 Å². The number of hydrogen-bond donors (Lipinski definition) is 3. The van der Waals surface area contributed by atoms with E-state index in [-0.39, 0.29) is 11.8 Å². The topological polar surface area (TPSA) is 102 Å². The molecule has 0 aromatic carbocycles. The van der Waals surface area contributed by atoms with Gasteiger partial charge in [-0.15, -0.1) is 0 Å². The minimum atomic E-state index is -0.279. The molecule has 0 saturated heterocycles. The van der Waals surface area contributed by atoms with Crippen molar-refractivity contribution >= 4 is 17.5 Å². The van der Waals surface area contributed by atoms with Crippen molar-refractivity contribution < 1.29 is 9.59 Å². The molecule has 0 spiro atoms. The van der Waals surface area contributed by atoms with Crippen LogP contribution in [-0.4, -0.2) is 40.8 Å². The predicted octanol–water partition coefficient (Wildman–Crippen LogP) is 1.58. The molecule has 4 N–H and O–H groups in total. The van der Waals surface area contributed by atoms with Gasteiger partial charge < -0.3 is 16.4 Å². The molecule has 148 valence electrons. The molecule has 4 saturated carbocycles. The van der Waals surface area contributed by atoms with E-state index in [1.54, 1.807) is 28.8 Å². The van der Waals surface area contributed by atoms with E-state index < -0.39 is 0 Å². The molecule has 0 aliphatic heterocycles. The van der Waals surface area contributed by atoms with E-state index in [2.05, 4.69) is 15.6 Å². The van der Waals surface area contributed by atoms with Crippen molar-refractivity contribution in [3.63, 3.8) is 0 Å². The number of rotatable bonds is 6. The number of fused-ring (bicyclic) bond motifs is 1. The van der Waals surface area contributed by atoms with Gasteiger partial charge in [0.25, 0.3) is 11.8 Å². The normalized spacial score (nSPS) is 30.1. The molecule has 4 bridgehead atoms. The van der Waals surface area contributed by atoms with Gasteiger partial charge in [0.2, 0.25) is 0 Å². The van der Waals surface area contributed by atoms with Crippen LogP contribution in [0.1, 0.15) is 53.1 Å². The Morgan fingerprint density at radius 2 is 1.93 bits per heavy atom. The fourth-order valence-electron chi connectivity index (χ4n) is 6.18.